The van der Waals surface area contributed by atoms with Crippen molar-refractivity contribution in [2.45, 2.75) is 25.5 Å². The van der Waals surface area contributed by atoms with E-state index in [1.807, 2.05) is 36.4 Å². The largest absolute Gasteiger partial charge is 0.497 e. The van der Waals surface area contributed by atoms with Gasteiger partial charge in [0.05, 0.1) is 18.7 Å². The summed E-state index contributed by atoms with van der Waals surface area (Å²) in [6.45, 7) is 0.0484. The lowest BCUT2D eigenvalue weighted by Crippen LogP contribution is -2.46. The molecule has 3 aromatic carbocycles. The van der Waals surface area contributed by atoms with E-state index >= 15 is 0 Å². The van der Waals surface area contributed by atoms with Crippen LogP contribution in [0.15, 0.2) is 84.1 Å². The predicted molar refractivity (Wildman–Crippen MR) is 135 cm³/mol. The number of carbonyl (C=O) groups excluding carboxylic acids is 2. The van der Waals surface area contributed by atoms with Gasteiger partial charge in [0, 0.05) is 16.4 Å². The van der Waals surface area contributed by atoms with Gasteiger partial charge in [0.2, 0.25) is 0 Å². The van der Waals surface area contributed by atoms with Gasteiger partial charge in [-0.1, -0.05) is 48.0 Å². The Morgan fingerprint density at radius 1 is 1.00 bits per heavy atom. The highest BCUT2D eigenvalue weighted by molar-refractivity contribution is 6.30. The number of methoxy groups -OCH3 is 1. The number of nitrogens with two attached hydrogens (primary N) is 1. The minimum Gasteiger partial charge on any atom is -0.497 e. The van der Waals surface area contributed by atoms with Crippen molar-refractivity contribution in [1.29, 1.82) is 0 Å². The second kappa shape index (κ2) is 11.0. The SMILES string of the molecule is COc1cccc(CCC2=C(C(=O)OCc3cccc(N)c3)C(c3cccc(Cl)c3)NC(=O)N2)c1. The maximum Gasteiger partial charge on any atom is 0.338 e. The highest BCUT2D eigenvalue weighted by Gasteiger charge is 2.33. The molecular formula is C27H26ClN3O4. The summed E-state index contributed by atoms with van der Waals surface area (Å²) in [5.74, 6) is 0.204. The maximum atomic E-state index is 13.4. The van der Waals surface area contributed by atoms with E-state index in [0.29, 0.717) is 40.4 Å². The van der Waals surface area contributed by atoms with Crippen LogP contribution in [-0.2, 0) is 22.6 Å². The normalized spacial score (nSPS) is 15.3. The van der Waals surface area contributed by atoms with E-state index in [0.717, 1.165) is 16.9 Å². The minimum absolute atomic E-state index is 0.0484. The number of carbonyl (C=O) groups is 2. The van der Waals surface area contributed by atoms with Crippen LogP contribution in [0.5, 0.6) is 5.75 Å². The van der Waals surface area contributed by atoms with Crippen LogP contribution >= 0.6 is 11.6 Å². The molecule has 0 spiro atoms. The lowest BCUT2D eigenvalue weighted by molar-refractivity contribution is -0.140. The molecule has 180 valence electrons. The Morgan fingerprint density at radius 2 is 1.77 bits per heavy atom. The van der Waals surface area contributed by atoms with E-state index < -0.39 is 18.0 Å². The number of benzene rings is 3. The first-order chi connectivity index (χ1) is 16.9. The van der Waals surface area contributed by atoms with Crippen molar-refractivity contribution in [3.8, 4) is 5.75 Å². The van der Waals surface area contributed by atoms with Crippen LogP contribution in [0, 0.1) is 0 Å². The summed E-state index contributed by atoms with van der Waals surface area (Å²) in [7, 11) is 1.61. The van der Waals surface area contributed by atoms with Crippen LogP contribution in [0.2, 0.25) is 5.02 Å². The molecule has 1 aliphatic heterocycles. The molecule has 0 fully saturated rings. The first kappa shape index (κ1) is 24.2. The van der Waals surface area contributed by atoms with Gasteiger partial charge in [-0.3, -0.25) is 0 Å². The summed E-state index contributed by atoms with van der Waals surface area (Å²) < 4.78 is 11.0. The molecule has 8 heteroatoms. The zero-order valence-electron chi connectivity index (χ0n) is 19.2. The fourth-order valence-corrected chi connectivity index (χ4v) is 4.20. The molecule has 0 aliphatic carbocycles. The summed E-state index contributed by atoms with van der Waals surface area (Å²) in [4.78, 5) is 26.0. The van der Waals surface area contributed by atoms with Crippen molar-refractivity contribution in [3.63, 3.8) is 0 Å². The van der Waals surface area contributed by atoms with Gasteiger partial charge in [-0.25, -0.2) is 9.59 Å². The quantitative estimate of drug-likeness (QED) is 0.307. The van der Waals surface area contributed by atoms with Gasteiger partial charge in [-0.2, -0.15) is 0 Å². The summed E-state index contributed by atoms with van der Waals surface area (Å²) in [5, 5.41) is 6.15. The summed E-state index contributed by atoms with van der Waals surface area (Å²) in [6.07, 6.45) is 1.00. The minimum atomic E-state index is -0.712. The molecule has 7 nitrogen and oxygen atoms in total. The van der Waals surface area contributed by atoms with Crippen LogP contribution in [0.25, 0.3) is 0 Å². The van der Waals surface area contributed by atoms with Gasteiger partial charge in [-0.15, -0.1) is 0 Å². The average Bonchev–Trinajstić information content (AvgIpc) is 2.86. The van der Waals surface area contributed by atoms with E-state index in [9.17, 15) is 9.59 Å². The summed E-state index contributed by atoms with van der Waals surface area (Å²) in [6, 6.07) is 20.7. The second-order valence-corrected chi connectivity index (χ2v) is 8.59. The van der Waals surface area contributed by atoms with E-state index in [4.69, 9.17) is 26.8 Å². The van der Waals surface area contributed by atoms with E-state index in [1.165, 1.54) is 0 Å². The van der Waals surface area contributed by atoms with Crippen LogP contribution in [0.4, 0.5) is 10.5 Å². The van der Waals surface area contributed by atoms with Crippen molar-refractivity contribution in [2.75, 3.05) is 12.8 Å². The van der Waals surface area contributed by atoms with Crippen molar-refractivity contribution in [2.24, 2.45) is 0 Å². The topological polar surface area (TPSA) is 103 Å². The summed E-state index contributed by atoms with van der Waals surface area (Å²) in [5.41, 5.74) is 9.72. The molecule has 1 atom stereocenters. The Hall–Kier alpha value is -3.97. The lowest BCUT2D eigenvalue weighted by atomic mass is 9.93. The standard InChI is InChI=1S/C27H26ClN3O4/c1-34-22-10-3-5-17(14-22)11-12-23-24(26(32)35-16-18-6-2-9-21(29)13-18)25(31-27(33)30-23)19-7-4-8-20(28)15-19/h2-10,13-15,25H,11-12,16,29H2,1H3,(H2,30,31,33). The Labute approximate surface area is 208 Å². The van der Waals surface area contributed by atoms with Gasteiger partial charge in [-0.05, 0) is 65.9 Å². The number of aryl methyl sites for hydroxylation is 1. The number of ether oxygens (including phenoxy) is 2. The van der Waals surface area contributed by atoms with Crippen molar-refractivity contribution < 1.29 is 19.1 Å². The first-order valence-electron chi connectivity index (χ1n) is 11.1. The third kappa shape index (κ3) is 6.13. The molecule has 0 bridgehead atoms. The second-order valence-electron chi connectivity index (χ2n) is 8.15. The first-order valence-corrected chi connectivity index (χ1v) is 11.5. The van der Waals surface area contributed by atoms with Crippen LogP contribution < -0.4 is 21.1 Å². The monoisotopic (exact) mass is 491 g/mol. The molecule has 2 amide bonds. The van der Waals surface area contributed by atoms with Gasteiger partial charge < -0.3 is 25.8 Å². The number of amides is 2. The maximum absolute atomic E-state index is 13.4. The fraction of sp³-hybridized carbons (Fsp3) is 0.185. The number of nitrogen functional groups attached to an aromatic ring is 1. The molecule has 4 rings (SSSR count). The van der Waals surface area contributed by atoms with Crippen molar-refractivity contribution >= 4 is 29.3 Å². The van der Waals surface area contributed by atoms with Gasteiger partial charge in [0.15, 0.2) is 0 Å². The third-order valence-electron chi connectivity index (χ3n) is 5.67. The number of allylic oxidation sites excluding steroid dienone is 1. The lowest BCUT2D eigenvalue weighted by Gasteiger charge is -2.29. The molecule has 35 heavy (non-hydrogen) atoms. The van der Waals surface area contributed by atoms with Crippen LogP contribution in [0.1, 0.15) is 29.2 Å². The van der Waals surface area contributed by atoms with E-state index in [-0.39, 0.29) is 6.61 Å². The van der Waals surface area contributed by atoms with Crippen molar-refractivity contribution in [1.82, 2.24) is 10.6 Å². The predicted octanol–water partition coefficient (Wildman–Crippen LogP) is 4.92. The van der Waals surface area contributed by atoms with Crippen molar-refractivity contribution in [3.05, 3.63) is 106 Å². The Bertz CT molecular complexity index is 1270. The number of esters is 1. The molecular weight excluding hydrogens is 466 g/mol. The molecule has 0 radical (unpaired) electrons. The molecule has 0 saturated heterocycles. The molecule has 3 aromatic rings. The number of hydrogen-bond acceptors (Lipinski definition) is 5. The Morgan fingerprint density at radius 3 is 2.54 bits per heavy atom. The molecule has 1 aliphatic rings. The van der Waals surface area contributed by atoms with Gasteiger partial charge in [0.1, 0.15) is 12.4 Å². The number of anilines is 1. The molecule has 4 N–H and O–H groups in total. The number of halogens is 1. The molecule has 0 saturated carbocycles. The van der Waals surface area contributed by atoms with Gasteiger partial charge in [0.25, 0.3) is 0 Å². The number of rotatable bonds is 8. The van der Waals surface area contributed by atoms with E-state index in [1.54, 1.807) is 43.5 Å². The fourth-order valence-electron chi connectivity index (χ4n) is 4.00. The third-order valence-corrected chi connectivity index (χ3v) is 5.91. The van der Waals surface area contributed by atoms with Crippen LogP contribution in [0.3, 0.4) is 0 Å². The number of hydrogen-bond donors (Lipinski definition) is 3. The van der Waals surface area contributed by atoms with E-state index in [2.05, 4.69) is 10.6 Å². The van der Waals surface area contributed by atoms with Gasteiger partial charge >= 0.3 is 12.0 Å². The molecule has 1 unspecified atom stereocenters. The molecule has 1 heterocycles. The zero-order valence-corrected chi connectivity index (χ0v) is 20.0. The average molecular weight is 492 g/mol. The highest BCUT2D eigenvalue weighted by atomic mass is 35.5. The summed E-state index contributed by atoms with van der Waals surface area (Å²) >= 11 is 6.21. The molecule has 0 aromatic heterocycles. The number of nitrogens with one attached hydrogen (secondary N) is 2. The number of urea groups is 1. The highest BCUT2D eigenvalue weighted by Crippen LogP contribution is 2.31. The zero-order chi connectivity index (χ0) is 24.8. The van der Waals surface area contributed by atoms with Crippen LogP contribution in [-0.4, -0.2) is 19.1 Å². The smallest absolute Gasteiger partial charge is 0.338 e. The Balaban J connectivity index is 1.65. The Kier molecular flexibility index (Phi) is 7.57.